The van der Waals surface area contributed by atoms with Crippen molar-refractivity contribution in [2.24, 2.45) is 0 Å². The van der Waals surface area contributed by atoms with Crippen LogP contribution in [0.2, 0.25) is 0 Å². The molecule has 1 aromatic carbocycles. The van der Waals surface area contributed by atoms with Crippen molar-refractivity contribution < 1.29 is 4.57 Å². The predicted molar refractivity (Wildman–Crippen MR) is 132 cm³/mol. The van der Waals surface area contributed by atoms with Gasteiger partial charge in [-0.05, 0) is 18.6 Å². The lowest BCUT2D eigenvalue weighted by Crippen LogP contribution is -2.32. The number of hydrogen-bond acceptors (Lipinski definition) is 1. The van der Waals surface area contributed by atoms with Crippen LogP contribution in [-0.4, -0.2) is 9.97 Å². The van der Waals surface area contributed by atoms with Crippen molar-refractivity contribution in [3.8, 4) is 11.4 Å². The van der Waals surface area contributed by atoms with E-state index in [4.69, 9.17) is 4.98 Å². The molecule has 0 aliphatic rings. The third-order valence-corrected chi connectivity index (χ3v) is 6.32. The Hall–Kier alpha value is -2.16. The smallest absolute Gasteiger partial charge is 0.169 e. The zero-order chi connectivity index (χ0) is 21.6. The van der Waals surface area contributed by atoms with Gasteiger partial charge in [0.1, 0.15) is 12.4 Å². The molecule has 3 rings (SSSR count). The van der Waals surface area contributed by atoms with Crippen LogP contribution in [0.1, 0.15) is 96.8 Å². The van der Waals surface area contributed by atoms with Crippen molar-refractivity contribution in [1.29, 1.82) is 0 Å². The van der Waals surface area contributed by atoms with Crippen LogP contribution in [0.15, 0.2) is 48.8 Å². The largest absolute Gasteiger partial charge is 0.338 e. The van der Waals surface area contributed by atoms with Crippen molar-refractivity contribution in [2.45, 2.75) is 103 Å². The summed E-state index contributed by atoms with van der Waals surface area (Å²) in [4.78, 5) is 8.10. The number of para-hydroxylation sites is 2. The van der Waals surface area contributed by atoms with Crippen LogP contribution in [0.25, 0.3) is 22.4 Å². The number of aryl methyl sites for hydroxylation is 1. The van der Waals surface area contributed by atoms with Gasteiger partial charge < -0.3 is 4.98 Å². The molecule has 0 spiro atoms. The van der Waals surface area contributed by atoms with Crippen LogP contribution in [0.5, 0.6) is 0 Å². The minimum absolute atomic E-state index is 0.949. The van der Waals surface area contributed by atoms with Crippen LogP contribution in [0.4, 0.5) is 0 Å². The van der Waals surface area contributed by atoms with E-state index in [9.17, 15) is 0 Å². The summed E-state index contributed by atoms with van der Waals surface area (Å²) in [6.45, 7) is 3.40. The first-order valence-electron chi connectivity index (χ1n) is 12.8. The SMILES string of the molecule is CCCCCCCCCCCCCCCC[n+]1ccc(-c2nc3ccccc3[nH]2)cc1. The molecule has 1 N–H and O–H groups in total. The van der Waals surface area contributed by atoms with Crippen molar-refractivity contribution >= 4 is 11.0 Å². The maximum atomic E-state index is 4.69. The van der Waals surface area contributed by atoms with Crippen LogP contribution >= 0.6 is 0 Å². The van der Waals surface area contributed by atoms with Gasteiger partial charge in [0.2, 0.25) is 0 Å². The van der Waals surface area contributed by atoms with Crippen LogP contribution < -0.4 is 4.57 Å². The molecule has 0 fully saturated rings. The van der Waals surface area contributed by atoms with E-state index in [2.05, 4.69) is 47.1 Å². The van der Waals surface area contributed by atoms with E-state index in [1.807, 2.05) is 18.2 Å². The standard InChI is InChI=1S/C28H41N3/c1-2-3-4-5-6-7-8-9-10-11-12-13-14-17-22-31-23-20-25(21-24-31)28-29-26-18-15-16-19-27(26)30-28/h15-16,18-21,23-24H,2-14,17,22H2,1H3/p+1. The van der Waals surface area contributed by atoms with Crippen molar-refractivity contribution in [3.63, 3.8) is 0 Å². The number of imidazole rings is 1. The number of aromatic nitrogens is 3. The zero-order valence-corrected chi connectivity index (χ0v) is 19.6. The molecule has 3 aromatic rings. The second kappa shape index (κ2) is 14.0. The maximum Gasteiger partial charge on any atom is 0.169 e. The Kier molecular flexibility index (Phi) is 10.6. The lowest BCUT2D eigenvalue weighted by molar-refractivity contribution is -0.697. The highest BCUT2D eigenvalue weighted by atomic mass is 14.9. The first kappa shape index (κ1) is 23.5. The van der Waals surface area contributed by atoms with Gasteiger partial charge >= 0.3 is 0 Å². The summed E-state index contributed by atoms with van der Waals surface area (Å²) in [7, 11) is 0. The van der Waals surface area contributed by atoms with Gasteiger partial charge in [-0.25, -0.2) is 9.55 Å². The average Bonchev–Trinajstić information content (AvgIpc) is 3.24. The number of fused-ring (bicyclic) bond motifs is 1. The number of benzene rings is 1. The summed E-state index contributed by atoms with van der Waals surface area (Å²) in [6, 6.07) is 12.5. The van der Waals surface area contributed by atoms with Gasteiger partial charge in [-0.1, -0.05) is 96.1 Å². The Labute approximate surface area is 189 Å². The summed E-state index contributed by atoms with van der Waals surface area (Å²) < 4.78 is 2.30. The van der Waals surface area contributed by atoms with Crippen LogP contribution in [0.3, 0.4) is 0 Å². The van der Waals surface area contributed by atoms with Crippen molar-refractivity contribution in [3.05, 3.63) is 48.8 Å². The fraction of sp³-hybridized carbons (Fsp3) is 0.571. The van der Waals surface area contributed by atoms with Gasteiger partial charge in [-0.2, -0.15) is 0 Å². The van der Waals surface area contributed by atoms with Gasteiger partial charge in [0, 0.05) is 24.1 Å². The Morgan fingerprint density at radius 2 is 1.23 bits per heavy atom. The van der Waals surface area contributed by atoms with Crippen molar-refractivity contribution in [1.82, 2.24) is 9.97 Å². The summed E-state index contributed by atoms with van der Waals surface area (Å²) in [5.41, 5.74) is 3.27. The molecular weight excluding hydrogens is 378 g/mol. The second-order valence-corrected chi connectivity index (χ2v) is 9.02. The topological polar surface area (TPSA) is 32.6 Å². The van der Waals surface area contributed by atoms with Gasteiger partial charge in [0.05, 0.1) is 11.0 Å². The highest BCUT2D eigenvalue weighted by Crippen LogP contribution is 2.19. The Bertz CT molecular complexity index is 817. The average molecular weight is 421 g/mol. The first-order valence-corrected chi connectivity index (χ1v) is 12.8. The molecular formula is C28H42N3+. The molecule has 168 valence electrons. The Morgan fingerprint density at radius 1 is 0.677 bits per heavy atom. The number of pyridine rings is 1. The van der Waals surface area contributed by atoms with E-state index < -0.39 is 0 Å². The number of nitrogens with one attached hydrogen (secondary N) is 1. The molecule has 2 aromatic heterocycles. The van der Waals surface area contributed by atoms with Gasteiger partial charge in [-0.15, -0.1) is 0 Å². The van der Waals surface area contributed by atoms with Gasteiger partial charge in [0.15, 0.2) is 12.4 Å². The fourth-order valence-electron chi connectivity index (χ4n) is 4.34. The van der Waals surface area contributed by atoms with Crippen LogP contribution in [-0.2, 0) is 6.54 Å². The highest BCUT2D eigenvalue weighted by Gasteiger charge is 2.07. The molecule has 0 saturated heterocycles. The minimum atomic E-state index is 0.949. The van der Waals surface area contributed by atoms with E-state index >= 15 is 0 Å². The Balaban J connectivity index is 1.21. The minimum Gasteiger partial charge on any atom is -0.338 e. The monoisotopic (exact) mass is 420 g/mol. The van der Waals surface area contributed by atoms with E-state index in [1.165, 1.54) is 89.9 Å². The molecule has 0 amide bonds. The number of nitrogens with zero attached hydrogens (tertiary/aromatic N) is 2. The summed E-state index contributed by atoms with van der Waals surface area (Å²) in [5, 5.41) is 0. The molecule has 0 atom stereocenters. The molecule has 0 unspecified atom stereocenters. The fourth-order valence-corrected chi connectivity index (χ4v) is 4.34. The quantitative estimate of drug-likeness (QED) is 0.185. The van der Waals surface area contributed by atoms with E-state index in [0.717, 1.165) is 29.0 Å². The molecule has 0 radical (unpaired) electrons. The number of H-pyrrole nitrogens is 1. The van der Waals surface area contributed by atoms with Crippen molar-refractivity contribution in [2.75, 3.05) is 0 Å². The predicted octanol–water partition coefficient (Wildman–Crippen LogP) is 8.00. The molecule has 31 heavy (non-hydrogen) atoms. The third kappa shape index (κ3) is 8.47. The lowest BCUT2D eigenvalue weighted by atomic mass is 10.0. The van der Waals surface area contributed by atoms with Gasteiger partial charge in [-0.3, -0.25) is 0 Å². The highest BCUT2D eigenvalue weighted by molar-refractivity contribution is 5.78. The van der Waals surface area contributed by atoms with E-state index in [-0.39, 0.29) is 0 Å². The van der Waals surface area contributed by atoms with Crippen LogP contribution in [0, 0.1) is 0 Å². The summed E-state index contributed by atoms with van der Waals surface area (Å²) >= 11 is 0. The lowest BCUT2D eigenvalue weighted by Gasteiger charge is -2.03. The normalized spacial score (nSPS) is 11.4. The summed E-state index contributed by atoms with van der Waals surface area (Å²) in [6.07, 6.45) is 24.1. The third-order valence-electron chi connectivity index (χ3n) is 6.32. The number of aromatic amines is 1. The summed E-state index contributed by atoms with van der Waals surface area (Å²) in [5.74, 6) is 0.949. The molecule has 2 heterocycles. The number of unbranched alkanes of at least 4 members (excludes halogenated alkanes) is 13. The molecule has 3 nitrogen and oxygen atoms in total. The first-order chi connectivity index (χ1) is 15.4. The van der Waals surface area contributed by atoms with Gasteiger partial charge in [0.25, 0.3) is 0 Å². The Morgan fingerprint density at radius 3 is 1.81 bits per heavy atom. The molecule has 0 aliphatic heterocycles. The molecule has 3 heteroatoms. The number of rotatable bonds is 16. The van der Waals surface area contributed by atoms with E-state index in [0.29, 0.717) is 0 Å². The molecule has 0 bridgehead atoms. The number of hydrogen-bond donors (Lipinski definition) is 1. The van der Waals surface area contributed by atoms with E-state index in [1.54, 1.807) is 0 Å². The molecule has 0 aliphatic carbocycles. The second-order valence-electron chi connectivity index (χ2n) is 9.02. The zero-order valence-electron chi connectivity index (χ0n) is 19.6. The molecule has 0 saturated carbocycles. The maximum absolute atomic E-state index is 4.69.